The molecule has 2 saturated heterocycles. The smallest absolute Gasteiger partial charge is 0.320 e. The first-order chi connectivity index (χ1) is 12.9. The van der Waals surface area contributed by atoms with E-state index in [0.717, 1.165) is 6.26 Å². The standard InChI is InChI=1S/C18H25N3O5S/c1-27(24,25)16-5-2-4-15(14-16)17(22)19-6-3-7-20(9-8-19)18(23)21-10-12-26-13-11-21/h2,4-5,14H,3,6-13H2,1H3. The Balaban J connectivity index is 1.65. The van der Waals surface area contributed by atoms with Gasteiger partial charge >= 0.3 is 6.03 Å². The molecule has 2 aliphatic rings. The Morgan fingerprint density at radius 2 is 1.56 bits per heavy atom. The third-order valence-electron chi connectivity index (χ3n) is 4.84. The Morgan fingerprint density at radius 3 is 2.26 bits per heavy atom. The third-order valence-corrected chi connectivity index (χ3v) is 5.95. The van der Waals surface area contributed by atoms with E-state index in [4.69, 9.17) is 4.74 Å². The summed E-state index contributed by atoms with van der Waals surface area (Å²) in [5.41, 5.74) is 0.353. The average molecular weight is 395 g/mol. The second kappa shape index (κ2) is 8.26. The van der Waals surface area contributed by atoms with Gasteiger partial charge in [0.2, 0.25) is 0 Å². The van der Waals surface area contributed by atoms with Gasteiger partial charge in [0.1, 0.15) is 0 Å². The van der Waals surface area contributed by atoms with Crippen LogP contribution in [0.25, 0.3) is 0 Å². The van der Waals surface area contributed by atoms with Gasteiger partial charge in [0.05, 0.1) is 18.1 Å². The summed E-state index contributed by atoms with van der Waals surface area (Å²) in [6, 6.07) is 6.09. The normalized spacial score (nSPS) is 18.9. The van der Waals surface area contributed by atoms with Gasteiger partial charge in [-0.05, 0) is 24.6 Å². The Labute approximate surface area is 159 Å². The number of amides is 3. The van der Waals surface area contributed by atoms with Gasteiger partial charge in [0.15, 0.2) is 9.84 Å². The Bertz CT molecular complexity index is 805. The van der Waals surface area contributed by atoms with Crippen molar-refractivity contribution in [2.45, 2.75) is 11.3 Å². The average Bonchev–Trinajstić information content (AvgIpc) is 2.93. The highest BCUT2D eigenvalue weighted by atomic mass is 32.2. The first-order valence-corrected chi connectivity index (χ1v) is 11.0. The number of nitrogens with zero attached hydrogens (tertiary/aromatic N) is 3. The van der Waals surface area contributed by atoms with Gasteiger partial charge in [0.25, 0.3) is 5.91 Å². The lowest BCUT2D eigenvalue weighted by Crippen LogP contribution is -2.49. The maximum absolute atomic E-state index is 12.8. The van der Waals surface area contributed by atoms with Crippen LogP contribution in [0.3, 0.4) is 0 Å². The molecule has 148 valence electrons. The molecule has 0 aromatic heterocycles. The summed E-state index contributed by atoms with van der Waals surface area (Å²) in [6.07, 6.45) is 1.81. The molecule has 2 aliphatic heterocycles. The van der Waals surface area contributed by atoms with Crippen LogP contribution >= 0.6 is 0 Å². The molecular formula is C18H25N3O5S. The number of ether oxygens (including phenoxy) is 1. The summed E-state index contributed by atoms with van der Waals surface area (Å²) in [6.45, 7) is 4.33. The van der Waals surface area contributed by atoms with Crippen LogP contribution in [0.1, 0.15) is 16.8 Å². The molecular weight excluding hydrogens is 370 g/mol. The lowest BCUT2D eigenvalue weighted by atomic mass is 10.2. The molecule has 2 fully saturated rings. The molecule has 0 bridgehead atoms. The largest absolute Gasteiger partial charge is 0.378 e. The molecule has 0 aliphatic carbocycles. The van der Waals surface area contributed by atoms with Crippen LogP contribution in [0.5, 0.6) is 0 Å². The molecule has 1 aromatic rings. The number of benzene rings is 1. The summed E-state index contributed by atoms with van der Waals surface area (Å²) >= 11 is 0. The van der Waals surface area contributed by atoms with E-state index >= 15 is 0 Å². The molecule has 3 rings (SSSR count). The highest BCUT2D eigenvalue weighted by Crippen LogP contribution is 2.15. The lowest BCUT2D eigenvalue weighted by Gasteiger charge is -2.32. The number of rotatable bonds is 2. The number of urea groups is 1. The van der Waals surface area contributed by atoms with Crippen LogP contribution in [-0.4, -0.2) is 93.8 Å². The van der Waals surface area contributed by atoms with Gasteiger partial charge in [-0.1, -0.05) is 6.07 Å². The van der Waals surface area contributed by atoms with Crippen LogP contribution < -0.4 is 0 Å². The van der Waals surface area contributed by atoms with E-state index in [2.05, 4.69) is 0 Å². The Kier molecular flexibility index (Phi) is 6.01. The Hall–Kier alpha value is -2.13. The zero-order valence-electron chi connectivity index (χ0n) is 15.5. The van der Waals surface area contributed by atoms with E-state index < -0.39 is 9.84 Å². The van der Waals surface area contributed by atoms with Crippen molar-refractivity contribution >= 4 is 21.8 Å². The van der Waals surface area contributed by atoms with Gasteiger partial charge in [-0.25, -0.2) is 13.2 Å². The molecule has 0 atom stereocenters. The van der Waals surface area contributed by atoms with Crippen LogP contribution in [0.15, 0.2) is 29.2 Å². The van der Waals surface area contributed by atoms with E-state index in [1.807, 2.05) is 0 Å². The minimum absolute atomic E-state index is 0.00771. The summed E-state index contributed by atoms with van der Waals surface area (Å²) in [5.74, 6) is -0.207. The zero-order valence-corrected chi connectivity index (χ0v) is 16.3. The van der Waals surface area contributed by atoms with Crippen LogP contribution in [0.2, 0.25) is 0 Å². The first-order valence-electron chi connectivity index (χ1n) is 9.07. The van der Waals surface area contributed by atoms with Crippen molar-refractivity contribution in [1.82, 2.24) is 14.7 Å². The first kappa shape index (κ1) is 19.6. The fourth-order valence-electron chi connectivity index (χ4n) is 3.31. The van der Waals surface area contributed by atoms with Crippen molar-refractivity contribution < 1.29 is 22.7 Å². The molecule has 27 heavy (non-hydrogen) atoms. The number of sulfone groups is 1. The number of hydrogen-bond acceptors (Lipinski definition) is 5. The molecule has 3 amide bonds. The minimum Gasteiger partial charge on any atom is -0.378 e. The number of carbonyl (C=O) groups excluding carboxylic acids is 2. The topological polar surface area (TPSA) is 87.2 Å². The maximum atomic E-state index is 12.8. The molecule has 0 spiro atoms. The molecule has 8 nitrogen and oxygen atoms in total. The summed E-state index contributed by atoms with van der Waals surface area (Å²) in [4.78, 5) is 30.8. The molecule has 9 heteroatoms. The fourth-order valence-corrected chi connectivity index (χ4v) is 3.98. The summed E-state index contributed by atoms with van der Waals surface area (Å²) < 4.78 is 28.7. The number of morpholine rings is 1. The van der Waals surface area contributed by atoms with E-state index in [-0.39, 0.29) is 16.8 Å². The van der Waals surface area contributed by atoms with E-state index in [1.165, 1.54) is 12.1 Å². The van der Waals surface area contributed by atoms with Crippen molar-refractivity contribution in [3.8, 4) is 0 Å². The second-order valence-electron chi connectivity index (χ2n) is 6.81. The monoisotopic (exact) mass is 395 g/mol. The van der Waals surface area contributed by atoms with Crippen molar-refractivity contribution in [2.75, 3.05) is 58.7 Å². The molecule has 2 heterocycles. The van der Waals surface area contributed by atoms with Gasteiger partial charge in [-0.2, -0.15) is 0 Å². The molecule has 0 radical (unpaired) electrons. The predicted octanol–water partition coefficient (Wildman–Crippen LogP) is 0.690. The molecule has 0 unspecified atom stereocenters. The molecule has 0 saturated carbocycles. The van der Waals surface area contributed by atoms with Gasteiger partial charge in [-0.3, -0.25) is 4.79 Å². The van der Waals surface area contributed by atoms with E-state index in [0.29, 0.717) is 64.5 Å². The quantitative estimate of drug-likeness (QED) is 0.735. The molecule has 0 N–H and O–H groups in total. The highest BCUT2D eigenvalue weighted by molar-refractivity contribution is 7.90. The van der Waals surface area contributed by atoms with Crippen molar-refractivity contribution in [2.24, 2.45) is 0 Å². The van der Waals surface area contributed by atoms with E-state index in [1.54, 1.807) is 26.8 Å². The van der Waals surface area contributed by atoms with Crippen LogP contribution in [0.4, 0.5) is 4.79 Å². The van der Waals surface area contributed by atoms with E-state index in [9.17, 15) is 18.0 Å². The number of hydrogen-bond donors (Lipinski definition) is 0. The van der Waals surface area contributed by atoms with Crippen molar-refractivity contribution in [3.05, 3.63) is 29.8 Å². The van der Waals surface area contributed by atoms with Crippen molar-refractivity contribution in [1.29, 1.82) is 0 Å². The zero-order chi connectivity index (χ0) is 19.4. The fraction of sp³-hybridized carbons (Fsp3) is 0.556. The number of carbonyl (C=O) groups is 2. The predicted molar refractivity (Wildman–Crippen MR) is 99.4 cm³/mol. The van der Waals surface area contributed by atoms with Crippen LogP contribution in [0, 0.1) is 0 Å². The van der Waals surface area contributed by atoms with Gasteiger partial charge in [0, 0.05) is 51.1 Å². The maximum Gasteiger partial charge on any atom is 0.320 e. The molecule has 1 aromatic carbocycles. The summed E-state index contributed by atoms with van der Waals surface area (Å²) in [7, 11) is -3.37. The minimum atomic E-state index is -3.37. The second-order valence-corrected chi connectivity index (χ2v) is 8.83. The highest BCUT2D eigenvalue weighted by Gasteiger charge is 2.27. The lowest BCUT2D eigenvalue weighted by molar-refractivity contribution is 0.0435. The van der Waals surface area contributed by atoms with Crippen LogP contribution in [-0.2, 0) is 14.6 Å². The van der Waals surface area contributed by atoms with Gasteiger partial charge in [-0.15, -0.1) is 0 Å². The Morgan fingerprint density at radius 1 is 0.926 bits per heavy atom. The van der Waals surface area contributed by atoms with Gasteiger partial charge < -0.3 is 19.4 Å². The third kappa shape index (κ3) is 4.78. The summed E-state index contributed by atoms with van der Waals surface area (Å²) in [5, 5.41) is 0. The SMILES string of the molecule is CS(=O)(=O)c1cccc(C(=O)N2CCCN(C(=O)N3CCOCC3)CC2)c1. The van der Waals surface area contributed by atoms with Crippen molar-refractivity contribution in [3.63, 3.8) is 0 Å².